The minimum absolute atomic E-state index is 0.0829. The molecule has 2 amide bonds. The largest absolute Gasteiger partial charge is 0.456 e. The van der Waals surface area contributed by atoms with Crippen molar-refractivity contribution in [3.8, 4) is 0 Å². The lowest BCUT2D eigenvalue weighted by atomic mass is 9.91. The van der Waals surface area contributed by atoms with Crippen LogP contribution in [0.3, 0.4) is 0 Å². The maximum atomic E-state index is 12.9. The highest BCUT2D eigenvalue weighted by Crippen LogP contribution is 2.24. The van der Waals surface area contributed by atoms with Crippen LogP contribution >= 0.6 is 0 Å². The van der Waals surface area contributed by atoms with Crippen molar-refractivity contribution in [1.29, 1.82) is 0 Å². The van der Waals surface area contributed by atoms with Gasteiger partial charge in [-0.2, -0.15) is 0 Å². The Hall–Kier alpha value is -4.33. The Labute approximate surface area is 215 Å². The molecule has 8 nitrogen and oxygen atoms in total. The van der Waals surface area contributed by atoms with Crippen molar-refractivity contribution in [2.45, 2.75) is 50.7 Å². The van der Waals surface area contributed by atoms with E-state index in [0.717, 1.165) is 16.7 Å². The van der Waals surface area contributed by atoms with Gasteiger partial charge >= 0.3 is 18.2 Å². The number of hydrogen-bond donors (Lipinski definition) is 2. The Morgan fingerprint density at radius 2 is 1.46 bits per heavy atom. The van der Waals surface area contributed by atoms with Crippen LogP contribution in [-0.2, 0) is 38.5 Å². The minimum atomic E-state index is -0.963. The van der Waals surface area contributed by atoms with Gasteiger partial charge < -0.3 is 24.8 Å². The number of carbonyl (C=O) groups excluding carboxylic acids is 3. The molecule has 4 rings (SSSR count). The van der Waals surface area contributed by atoms with Crippen molar-refractivity contribution in [2.24, 2.45) is 0 Å². The molecule has 0 aromatic heterocycles. The van der Waals surface area contributed by atoms with Crippen molar-refractivity contribution in [3.05, 3.63) is 108 Å². The normalized spacial score (nSPS) is 18.1. The maximum Gasteiger partial charge on any atom is 0.407 e. The molecule has 2 N–H and O–H groups in total. The van der Waals surface area contributed by atoms with E-state index < -0.39 is 42.4 Å². The summed E-state index contributed by atoms with van der Waals surface area (Å²) in [5, 5.41) is 5.69. The van der Waals surface area contributed by atoms with Crippen LogP contribution in [0.1, 0.15) is 23.6 Å². The Morgan fingerprint density at radius 1 is 0.892 bits per heavy atom. The summed E-state index contributed by atoms with van der Waals surface area (Å²) in [7, 11) is 0. The highest BCUT2D eigenvalue weighted by Gasteiger charge is 2.45. The fourth-order valence-corrected chi connectivity index (χ4v) is 4.41. The molecule has 1 heterocycles. The van der Waals surface area contributed by atoms with Gasteiger partial charge in [0.15, 0.2) is 12.2 Å². The van der Waals surface area contributed by atoms with Gasteiger partial charge in [-0.1, -0.05) is 91.0 Å². The van der Waals surface area contributed by atoms with Crippen molar-refractivity contribution in [2.75, 3.05) is 0 Å². The number of amides is 2. The van der Waals surface area contributed by atoms with E-state index in [9.17, 15) is 14.4 Å². The Balaban J connectivity index is 1.57. The van der Waals surface area contributed by atoms with E-state index in [1.807, 2.05) is 91.0 Å². The number of cyclic esters (lactones) is 1. The van der Waals surface area contributed by atoms with Crippen LogP contribution in [0.15, 0.2) is 91.0 Å². The first-order chi connectivity index (χ1) is 18.0. The van der Waals surface area contributed by atoms with Crippen molar-refractivity contribution < 1.29 is 28.6 Å². The van der Waals surface area contributed by atoms with Crippen LogP contribution in [-0.4, -0.2) is 42.4 Å². The van der Waals surface area contributed by atoms with E-state index in [2.05, 4.69) is 10.6 Å². The van der Waals surface area contributed by atoms with E-state index in [-0.39, 0.29) is 6.61 Å². The predicted molar refractivity (Wildman–Crippen MR) is 137 cm³/mol. The number of rotatable bonds is 10. The zero-order valence-electron chi connectivity index (χ0n) is 20.5. The third kappa shape index (κ3) is 7.57. The molecule has 8 heteroatoms. The second kappa shape index (κ2) is 12.6. The van der Waals surface area contributed by atoms with E-state index >= 15 is 0 Å². The van der Waals surface area contributed by atoms with Gasteiger partial charge in [-0.3, -0.25) is 4.79 Å². The first kappa shape index (κ1) is 25.8. The van der Waals surface area contributed by atoms with E-state index in [1.165, 1.54) is 6.92 Å². The molecular weight excluding hydrogens is 472 g/mol. The molecule has 1 aliphatic rings. The van der Waals surface area contributed by atoms with Crippen LogP contribution < -0.4 is 10.6 Å². The lowest BCUT2D eigenvalue weighted by Crippen LogP contribution is -2.55. The molecule has 1 saturated heterocycles. The topological polar surface area (TPSA) is 103 Å². The van der Waals surface area contributed by atoms with E-state index in [4.69, 9.17) is 14.2 Å². The van der Waals surface area contributed by atoms with Crippen LogP contribution in [0.25, 0.3) is 0 Å². The molecule has 1 fully saturated rings. The number of alkyl carbamates (subject to hydrolysis) is 2. The molecule has 1 aliphatic heterocycles. The van der Waals surface area contributed by atoms with Gasteiger partial charge in [0.1, 0.15) is 6.61 Å². The summed E-state index contributed by atoms with van der Waals surface area (Å²) >= 11 is 0. The monoisotopic (exact) mass is 502 g/mol. The zero-order chi connectivity index (χ0) is 26.0. The first-order valence-corrected chi connectivity index (χ1v) is 12.2. The summed E-state index contributed by atoms with van der Waals surface area (Å²) in [5.74, 6) is -0.552. The lowest BCUT2D eigenvalue weighted by Gasteiger charge is -2.32. The Morgan fingerprint density at radius 3 is 2.05 bits per heavy atom. The molecular formula is C29H30N2O6. The number of esters is 1. The van der Waals surface area contributed by atoms with Crippen LogP contribution in [0.5, 0.6) is 0 Å². The number of ether oxygens (including phenoxy) is 3. The van der Waals surface area contributed by atoms with Gasteiger partial charge in [0.25, 0.3) is 0 Å². The molecule has 0 spiro atoms. The smallest absolute Gasteiger partial charge is 0.407 e. The zero-order valence-corrected chi connectivity index (χ0v) is 20.5. The van der Waals surface area contributed by atoms with Crippen LogP contribution in [0.4, 0.5) is 9.59 Å². The van der Waals surface area contributed by atoms with Crippen LogP contribution in [0, 0.1) is 0 Å². The second-order valence-electron chi connectivity index (χ2n) is 8.89. The van der Waals surface area contributed by atoms with Crippen molar-refractivity contribution in [1.82, 2.24) is 10.6 Å². The molecule has 37 heavy (non-hydrogen) atoms. The van der Waals surface area contributed by atoms with E-state index in [0.29, 0.717) is 12.8 Å². The quantitative estimate of drug-likeness (QED) is 0.319. The second-order valence-corrected chi connectivity index (χ2v) is 8.89. The minimum Gasteiger partial charge on any atom is -0.456 e. The summed E-state index contributed by atoms with van der Waals surface area (Å²) < 4.78 is 16.8. The Kier molecular flexibility index (Phi) is 8.75. The number of benzene rings is 3. The third-order valence-corrected chi connectivity index (χ3v) is 6.08. The summed E-state index contributed by atoms with van der Waals surface area (Å²) in [5.41, 5.74) is 2.73. The maximum absolute atomic E-state index is 12.9. The number of nitrogens with one attached hydrogen (secondary N) is 2. The summed E-state index contributed by atoms with van der Waals surface area (Å²) in [6.07, 6.45) is -2.28. The average Bonchev–Trinajstić information content (AvgIpc) is 3.26. The van der Waals surface area contributed by atoms with Gasteiger partial charge in [0.05, 0.1) is 12.1 Å². The lowest BCUT2D eigenvalue weighted by molar-refractivity contribution is -0.154. The van der Waals surface area contributed by atoms with E-state index in [1.54, 1.807) is 0 Å². The average molecular weight is 503 g/mol. The molecule has 3 aromatic rings. The molecule has 0 radical (unpaired) electrons. The fourth-order valence-electron chi connectivity index (χ4n) is 4.41. The van der Waals surface area contributed by atoms with Crippen molar-refractivity contribution in [3.63, 3.8) is 0 Å². The molecule has 4 atom stereocenters. The van der Waals surface area contributed by atoms with Crippen LogP contribution in [0.2, 0.25) is 0 Å². The molecule has 3 aromatic carbocycles. The number of carbonyl (C=O) groups is 3. The standard InChI is InChI=1S/C29H30N2O6/c1-20(32)36-26(27-25(31-29(34)37-27)18-22-13-7-3-8-14-22)24(17-21-11-5-2-6-12-21)30-28(33)35-19-23-15-9-4-10-16-23/h2-16,24-27H,17-19H2,1H3,(H,30,33)(H,31,34)/t24-,25-,26+,27-/m0/s1. The molecule has 0 saturated carbocycles. The molecule has 0 unspecified atom stereocenters. The number of hydrogen-bond acceptors (Lipinski definition) is 6. The summed E-state index contributed by atoms with van der Waals surface area (Å²) in [4.78, 5) is 37.4. The summed E-state index contributed by atoms with van der Waals surface area (Å²) in [6, 6.07) is 27.2. The molecule has 0 bridgehead atoms. The third-order valence-electron chi connectivity index (χ3n) is 6.08. The molecule has 192 valence electrons. The van der Waals surface area contributed by atoms with Crippen molar-refractivity contribution >= 4 is 18.2 Å². The summed E-state index contributed by atoms with van der Waals surface area (Å²) in [6.45, 7) is 1.37. The highest BCUT2D eigenvalue weighted by atomic mass is 16.6. The first-order valence-electron chi connectivity index (χ1n) is 12.2. The van der Waals surface area contributed by atoms with Gasteiger partial charge in [0, 0.05) is 6.92 Å². The fraction of sp³-hybridized carbons (Fsp3) is 0.276. The highest BCUT2D eigenvalue weighted by molar-refractivity contribution is 5.71. The Bertz CT molecular complexity index is 1170. The SMILES string of the molecule is CC(=O)O[C@@H]([C@H]1OC(=O)N[C@H]1Cc1ccccc1)[C@H](Cc1ccccc1)NC(=O)OCc1ccccc1. The van der Waals surface area contributed by atoms with Gasteiger partial charge in [-0.05, 0) is 29.5 Å². The predicted octanol–water partition coefficient (Wildman–Crippen LogP) is 4.18. The van der Waals surface area contributed by atoms with Gasteiger partial charge in [-0.15, -0.1) is 0 Å². The van der Waals surface area contributed by atoms with Gasteiger partial charge in [0.2, 0.25) is 0 Å². The van der Waals surface area contributed by atoms with Gasteiger partial charge in [-0.25, -0.2) is 9.59 Å². The molecule has 0 aliphatic carbocycles.